The Labute approximate surface area is 491 Å². The fraction of sp³-hybridized carbons (Fsp3) is 0.795. The van der Waals surface area contributed by atoms with E-state index in [1.165, 1.54) is 225 Å². The Bertz CT molecular complexity index is 1450. The number of allylic oxidation sites excluding steroid dienone is 12. The van der Waals surface area contributed by atoms with Gasteiger partial charge in [0.1, 0.15) is 13.2 Å². The van der Waals surface area contributed by atoms with Crippen LogP contribution in [0, 0.1) is 0 Å². The zero-order chi connectivity index (χ0) is 57.1. The molecule has 0 aromatic carbocycles. The van der Waals surface area contributed by atoms with Crippen LogP contribution in [-0.4, -0.2) is 37.2 Å². The molecule has 0 aromatic heterocycles. The van der Waals surface area contributed by atoms with E-state index < -0.39 is 6.10 Å². The molecule has 0 aliphatic carbocycles. The number of hydrogen-bond acceptors (Lipinski definition) is 6. The summed E-state index contributed by atoms with van der Waals surface area (Å²) >= 11 is 0. The molecule has 0 bridgehead atoms. The molecule has 0 amide bonds. The third-order valence-electron chi connectivity index (χ3n) is 15.2. The normalized spacial score (nSPS) is 12.5. The van der Waals surface area contributed by atoms with Crippen molar-refractivity contribution in [1.29, 1.82) is 0 Å². The van der Waals surface area contributed by atoms with Crippen molar-refractivity contribution in [2.24, 2.45) is 0 Å². The smallest absolute Gasteiger partial charge is 0.306 e. The van der Waals surface area contributed by atoms with E-state index in [-0.39, 0.29) is 37.5 Å². The third kappa shape index (κ3) is 65.5. The van der Waals surface area contributed by atoms with Gasteiger partial charge in [0.2, 0.25) is 0 Å². The van der Waals surface area contributed by atoms with Crippen molar-refractivity contribution < 1.29 is 28.6 Å². The first-order valence-electron chi connectivity index (χ1n) is 34.4. The highest BCUT2D eigenvalue weighted by atomic mass is 16.6. The minimum absolute atomic E-state index is 0.0920. The monoisotopic (exact) mass is 1100 g/mol. The van der Waals surface area contributed by atoms with Crippen LogP contribution in [0.2, 0.25) is 0 Å². The van der Waals surface area contributed by atoms with Gasteiger partial charge in [-0.15, -0.1) is 0 Å². The number of carbonyl (C=O) groups is 3. The lowest BCUT2D eigenvalue weighted by Crippen LogP contribution is -2.30. The van der Waals surface area contributed by atoms with Gasteiger partial charge in [-0.3, -0.25) is 14.4 Å². The lowest BCUT2D eigenvalue weighted by atomic mass is 10.0. The predicted octanol–water partition coefficient (Wildman–Crippen LogP) is 23.7. The number of unbranched alkanes of at least 4 members (excludes halogenated alkanes) is 40. The van der Waals surface area contributed by atoms with Gasteiger partial charge < -0.3 is 14.2 Å². The van der Waals surface area contributed by atoms with Crippen molar-refractivity contribution in [2.45, 2.75) is 361 Å². The van der Waals surface area contributed by atoms with Crippen LogP contribution in [0.4, 0.5) is 0 Å². The van der Waals surface area contributed by atoms with Gasteiger partial charge in [0.15, 0.2) is 6.10 Å². The minimum Gasteiger partial charge on any atom is -0.462 e. The van der Waals surface area contributed by atoms with Crippen molar-refractivity contribution >= 4 is 17.9 Å². The first-order chi connectivity index (χ1) is 39.0. The minimum atomic E-state index is -0.800. The molecule has 0 saturated carbocycles. The molecule has 0 N–H and O–H groups in total. The van der Waals surface area contributed by atoms with E-state index in [1.807, 2.05) is 0 Å². The molecule has 0 aromatic rings. The third-order valence-corrected chi connectivity index (χ3v) is 15.2. The van der Waals surface area contributed by atoms with Crippen molar-refractivity contribution in [3.63, 3.8) is 0 Å². The molecule has 0 fully saturated rings. The number of hydrogen-bond donors (Lipinski definition) is 0. The topological polar surface area (TPSA) is 78.9 Å². The Kier molecular flexibility index (Phi) is 64.7. The Hall–Kier alpha value is -3.15. The molecule has 0 saturated heterocycles. The van der Waals surface area contributed by atoms with Crippen molar-refractivity contribution in [3.8, 4) is 0 Å². The highest BCUT2D eigenvalue weighted by Gasteiger charge is 2.19. The maximum Gasteiger partial charge on any atom is 0.306 e. The van der Waals surface area contributed by atoms with Gasteiger partial charge in [-0.1, -0.05) is 299 Å². The van der Waals surface area contributed by atoms with Gasteiger partial charge in [0, 0.05) is 19.3 Å². The van der Waals surface area contributed by atoms with Gasteiger partial charge in [0.05, 0.1) is 0 Å². The van der Waals surface area contributed by atoms with Crippen LogP contribution >= 0.6 is 0 Å². The maximum atomic E-state index is 12.9. The summed E-state index contributed by atoms with van der Waals surface area (Å²) in [6.07, 6.45) is 88.0. The highest BCUT2D eigenvalue weighted by Crippen LogP contribution is 2.17. The molecule has 6 nitrogen and oxygen atoms in total. The Morgan fingerprint density at radius 2 is 0.494 bits per heavy atom. The highest BCUT2D eigenvalue weighted by molar-refractivity contribution is 5.71. The van der Waals surface area contributed by atoms with Crippen molar-refractivity contribution in [3.05, 3.63) is 72.9 Å². The summed E-state index contributed by atoms with van der Waals surface area (Å²) in [5, 5.41) is 0. The molecule has 6 heteroatoms. The fourth-order valence-electron chi connectivity index (χ4n) is 10.0. The Morgan fingerprint density at radius 1 is 0.266 bits per heavy atom. The zero-order valence-corrected chi connectivity index (χ0v) is 52.6. The average Bonchev–Trinajstić information content (AvgIpc) is 3.45. The van der Waals surface area contributed by atoms with Crippen LogP contribution in [-0.2, 0) is 28.6 Å². The van der Waals surface area contributed by atoms with E-state index in [0.29, 0.717) is 19.3 Å². The maximum absolute atomic E-state index is 12.9. The summed E-state index contributed by atoms with van der Waals surface area (Å²) in [4.78, 5) is 38.3. The quantitative estimate of drug-likeness (QED) is 0.0261. The van der Waals surface area contributed by atoms with Gasteiger partial charge in [-0.05, 0) is 109 Å². The predicted molar refractivity (Wildman–Crippen MR) is 344 cm³/mol. The molecule has 0 spiro atoms. The summed E-state index contributed by atoms with van der Waals surface area (Å²) in [5.74, 6) is -0.926. The molecule has 0 radical (unpaired) electrons. The van der Waals surface area contributed by atoms with Gasteiger partial charge in [-0.25, -0.2) is 0 Å². The van der Waals surface area contributed by atoms with Gasteiger partial charge in [0.25, 0.3) is 0 Å². The first kappa shape index (κ1) is 75.8. The molecule has 458 valence electrons. The lowest BCUT2D eigenvalue weighted by Gasteiger charge is -2.18. The van der Waals surface area contributed by atoms with E-state index in [0.717, 1.165) is 83.5 Å². The number of ether oxygens (including phenoxy) is 3. The number of rotatable bonds is 63. The molecule has 1 unspecified atom stereocenters. The van der Waals surface area contributed by atoms with Crippen LogP contribution in [0.5, 0.6) is 0 Å². The lowest BCUT2D eigenvalue weighted by molar-refractivity contribution is -0.167. The SMILES string of the molecule is CC/C=C\C/C=C\C/C=C\C/C=C\CCCCC(=O)OC(COC(=O)CCCCCCC/C=C\CCCCCCCC)COC(=O)CCCCCCCCCCCCCCCCCCCCC/C=C\CCCCCCCCCC. The Morgan fingerprint density at radius 3 is 0.810 bits per heavy atom. The molecule has 79 heavy (non-hydrogen) atoms. The second-order valence-corrected chi connectivity index (χ2v) is 23.1. The second-order valence-electron chi connectivity index (χ2n) is 23.1. The summed E-state index contributed by atoms with van der Waals surface area (Å²) in [5.41, 5.74) is 0. The number of carbonyl (C=O) groups excluding carboxylic acids is 3. The Balaban J connectivity index is 4.20. The van der Waals surface area contributed by atoms with Gasteiger partial charge in [-0.2, -0.15) is 0 Å². The van der Waals surface area contributed by atoms with E-state index in [1.54, 1.807) is 0 Å². The largest absolute Gasteiger partial charge is 0.462 e. The second kappa shape index (κ2) is 67.4. The van der Waals surface area contributed by atoms with Gasteiger partial charge >= 0.3 is 17.9 Å². The van der Waals surface area contributed by atoms with Crippen molar-refractivity contribution in [2.75, 3.05) is 13.2 Å². The van der Waals surface area contributed by atoms with Crippen LogP contribution in [0.1, 0.15) is 355 Å². The van der Waals surface area contributed by atoms with E-state index >= 15 is 0 Å². The molecule has 0 rings (SSSR count). The van der Waals surface area contributed by atoms with E-state index in [4.69, 9.17) is 14.2 Å². The van der Waals surface area contributed by atoms with Crippen LogP contribution in [0.3, 0.4) is 0 Å². The first-order valence-corrected chi connectivity index (χ1v) is 34.4. The van der Waals surface area contributed by atoms with E-state index in [9.17, 15) is 14.4 Å². The number of esters is 3. The zero-order valence-electron chi connectivity index (χ0n) is 52.6. The molecule has 0 aliphatic heterocycles. The standard InChI is InChI=1S/C73H130O6/c1-4-7-10-13-16-19-22-25-28-29-30-31-32-33-34-35-36-37-38-39-40-41-42-43-46-48-51-54-57-60-63-66-72(75)78-69-70(79-73(76)67-64-61-58-55-52-49-45-27-24-21-18-15-12-9-6-3)68-77-71(74)65-62-59-56-53-50-47-44-26-23-20-17-14-11-8-5-2/h9,12,18,21,26-27,29-30,44-45,52,55,70H,4-8,10-11,13-17,19-20,22-25,28,31-43,46-51,53-54,56-69H2,1-3H3/b12-9-,21-18-,30-29-,44-26-,45-27-,55-52-. The summed E-state index contributed by atoms with van der Waals surface area (Å²) in [6, 6.07) is 0. The average molecular weight is 1100 g/mol. The molecular weight excluding hydrogens is 973 g/mol. The van der Waals surface area contributed by atoms with Crippen LogP contribution < -0.4 is 0 Å². The molecular formula is C73H130O6. The summed E-state index contributed by atoms with van der Waals surface area (Å²) in [7, 11) is 0. The van der Waals surface area contributed by atoms with Crippen LogP contribution in [0.15, 0.2) is 72.9 Å². The molecule has 0 aliphatic rings. The summed E-state index contributed by atoms with van der Waals surface area (Å²) in [6.45, 7) is 6.52. The van der Waals surface area contributed by atoms with E-state index in [2.05, 4.69) is 93.7 Å². The van der Waals surface area contributed by atoms with Crippen molar-refractivity contribution in [1.82, 2.24) is 0 Å². The molecule has 0 heterocycles. The molecule has 1 atom stereocenters. The fourth-order valence-corrected chi connectivity index (χ4v) is 10.0. The summed E-state index contributed by atoms with van der Waals surface area (Å²) < 4.78 is 16.9. The van der Waals surface area contributed by atoms with Crippen LogP contribution in [0.25, 0.3) is 0 Å².